The van der Waals surface area contributed by atoms with Crippen molar-refractivity contribution in [2.24, 2.45) is 0 Å². The Labute approximate surface area is 221 Å². The predicted octanol–water partition coefficient (Wildman–Crippen LogP) is 5.85. The largest absolute Gasteiger partial charge is 0.491 e. The van der Waals surface area contributed by atoms with Crippen LogP contribution in [0.4, 0.5) is 24.5 Å². The van der Waals surface area contributed by atoms with Crippen molar-refractivity contribution in [2.45, 2.75) is 38.9 Å². The zero-order valence-corrected chi connectivity index (χ0v) is 22.4. The maximum atomic E-state index is 13.5. The van der Waals surface area contributed by atoms with Crippen LogP contribution in [0.5, 0.6) is 5.75 Å². The number of nitriles is 1. The molecule has 0 saturated carbocycles. The van der Waals surface area contributed by atoms with Crippen molar-refractivity contribution >= 4 is 50.5 Å². The number of alkyl halides is 4. The maximum Gasteiger partial charge on any atom is 0.417 e. The molecule has 0 aromatic heterocycles. The molecule has 1 saturated heterocycles. The molecule has 11 heteroatoms. The Hall–Kier alpha value is -2.68. The molecule has 2 aromatic rings. The van der Waals surface area contributed by atoms with Crippen LogP contribution in [0.25, 0.3) is 0 Å². The van der Waals surface area contributed by atoms with Gasteiger partial charge in [-0.05, 0) is 74.4 Å². The van der Waals surface area contributed by atoms with Crippen LogP contribution in [0.3, 0.4) is 0 Å². The standard InChI is InChI=1S/C25H25BrF3N3O3S/c1-4-16-13-19(7-8-21(16)35-12-11-34-10-9-26)32-23(36)31(22(33)24(32,2)3)18-6-5-17(15-30)20(14-18)25(27,28)29/h5-8,13-14H,4,9-12H2,1-3H3. The smallest absolute Gasteiger partial charge is 0.417 e. The van der Waals surface area contributed by atoms with Gasteiger partial charge in [0, 0.05) is 11.0 Å². The third kappa shape index (κ3) is 5.51. The van der Waals surface area contributed by atoms with Crippen LogP contribution in [0, 0.1) is 11.3 Å². The summed E-state index contributed by atoms with van der Waals surface area (Å²) >= 11 is 8.90. The van der Waals surface area contributed by atoms with Crippen LogP contribution < -0.4 is 14.5 Å². The van der Waals surface area contributed by atoms with Gasteiger partial charge in [0.15, 0.2) is 5.11 Å². The zero-order chi connectivity index (χ0) is 26.7. The molecular weight excluding hydrogens is 559 g/mol. The number of halogens is 4. The fourth-order valence-electron chi connectivity index (χ4n) is 3.95. The van der Waals surface area contributed by atoms with Crippen LogP contribution in [0.15, 0.2) is 36.4 Å². The minimum absolute atomic E-state index is 0.0433. The molecule has 0 bridgehead atoms. The lowest BCUT2D eigenvalue weighted by Gasteiger charge is -2.30. The Kier molecular flexibility index (Phi) is 8.64. The van der Waals surface area contributed by atoms with Gasteiger partial charge in [-0.15, -0.1) is 0 Å². The third-order valence-corrected chi connectivity index (χ3v) is 6.43. The number of hydrogen-bond donors (Lipinski definition) is 0. The van der Waals surface area contributed by atoms with E-state index in [1.165, 1.54) is 6.07 Å². The highest BCUT2D eigenvalue weighted by Crippen LogP contribution is 2.40. The fraction of sp³-hybridized carbons (Fsp3) is 0.400. The predicted molar refractivity (Wildman–Crippen MR) is 139 cm³/mol. The lowest BCUT2D eigenvalue weighted by molar-refractivity contribution is -0.137. The molecule has 36 heavy (non-hydrogen) atoms. The number of nitrogens with zero attached hydrogens (tertiary/aromatic N) is 3. The Morgan fingerprint density at radius 3 is 2.42 bits per heavy atom. The second-order valence-corrected chi connectivity index (χ2v) is 9.61. The molecule has 0 radical (unpaired) electrons. The molecule has 1 amide bonds. The first-order valence-electron chi connectivity index (χ1n) is 11.2. The topological polar surface area (TPSA) is 65.8 Å². The molecule has 2 aromatic carbocycles. The number of rotatable bonds is 9. The van der Waals surface area contributed by atoms with E-state index in [1.807, 2.05) is 13.0 Å². The maximum absolute atomic E-state index is 13.5. The van der Waals surface area contributed by atoms with Gasteiger partial charge in [-0.25, -0.2) is 0 Å². The Morgan fingerprint density at radius 2 is 1.81 bits per heavy atom. The van der Waals surface area contributed by atoms with Crippen LogP contribution in [-0.2, 0) is 22.1 Å². The molecule has 3 rings (SSSR count). The molecule has 6 nitrogen and oxygen atoms in total. The van der Waals surface area contributed by atoms with Gasteiger partial charge in [0.1, 0.15) is 17.9 Å². The van der Waals surface area contributed by atoms with Crippen molar-refractivity contribution in [3.05, 3.63) is 53.1 Å². The SMILES string of the molecule is CCc1cc(N2C(=S)N(c3ccc(C#N)c(C(F)(F)F)c3)C(=O)C2(C)C)ccc1OCCOCCBr. The first-order valence-corrected chi connectivity index (χ1v) is 12.7. The number of amides is 1. The number of aryl methyl sites for hydroxylation is 1. The lowest BCUT2D eigenvalue weighted by atomic mass is 10.0. The highest BCUT2D eigenvalue weighted by molar-refractivity contribution is 9.09. The molecule has 192 valence electrons. The lowest BCUT2D eigenvalue weighted by Crippen LogP contribution is -2.44. The molecule has 0 aliphatic carbocycles. The highest BCUT2D eigenvalue weighted by Gasteiger charge is 2.50. The van der Waals surface area contributed by atoms with Gasteiger partial charge in [-0.1, -0.05) is 22.9 Å². The molecule has 0 atom stereocenters. The van der Waals surface area contributed by atoms with Gasteiger partial charge in [0.05, 0.1) is 36.1 Å². The van der Waals surface area contributed by atoms with E-state index in [1.54, 1.807) is 36.9 Å². The van der Waals surface area contributed by atoms with Gasteiger partial charge in [-0.2, -0.15) is 18.4 Å². The number of benzene rings is 2. The molecular formula is C25H25BrF3N3O3S. The summed E-state index contributed by atoms with van der Waals surface area (Å²) in [5.41, 5.74) is -1.36. The number of anilines is 2. The average molecular weight is 584 g/mol. The van der Waals surface area contributed by atoms with Crippen molar-refractivity contribution in [1.29, 1.82) is 5.26 Å². The average Bonchev–Trinajstić information content (AvgIpc) is 3.01. The van der Waals surface area contributed by atoms with Crippen molar-refractivity contribution in [1.82, 2.24) is 0 Å². The summed E-state index contributed by atoms with van der Waals surface area (Å²) in [6, 6.07) is 10.1. The van der Waals surface area contributed by atoms with E-state index in [4.69, 9.17) is 27.0 Å². The van der Waals surface area contributed by atoms with E-state index in [9.17, 15) is 18.0 Å². The van der Waals surface area contributed by atoms with E-state index >= 15 is 0 Å². The van der Waals surface area contributed by atoms with E-state index in [2.05, 4.69) is 15.9 Å². The Bertz CT molecular complexity index is 1200. The van der Waals surface area contributed by atoms with Gasteiger partial charge in [0.2, 0.25) is 0 Å². The zero-order valence-electron chi connectivity index (χ0n) is 20.0. The van der Waals surface area contributed by atoms with Crippen molar-refractivity contribution in [3.8, 4) is 11.8 Å². The first-order chi connectivity index (χ1) is 17.0. The van der Waals surface area contributed by atoms with Crippen molar-refractivity contribution in [2.75, 3.05) is 35.0 Å². The minimum atomic E-state index is -4.76. The highest BCUT2D eigenvalue weighted by atomic mass is 79.9. The van der Waals surface area contributed by atoms with Crippen LogP contribution in [0.2, 0.25) is 0 Å². The molecule has 0 N–H and O–H groups in total. The van der Waals surface area contributed by atoms with E-state index in [0.29, 0.717) is 37.7 Å². The molecule has 1 heterocycles. The van der Waals surface area contributed by atoms with Gasteiger partial charge in [-0.3, -0.25) is 9.69 Å². The summed E-state index contributed by atoms with van der Waals surface area (Å²) in [5, 5.41) is 9.88. The van der Waals surface area contributed by atoms with E-state index in [-0.39, 0.29) is 10.8 Å². The summed E-state index contributed by atoms with van der Waals surface area (Å²) < 4.78 is 51.9. The summed E-state index contributed by atoms with van der Waals surface area (Å²) in [5.74, 6) is 0.198. The van der Waals surface area contributed by atoms with Gasteiger partial charge < -0.3 is 14.4 Å². The molecule has 1 aliphatic heterocycles. The number of carbonyl (C=O) groups is 1. The normalized spacial score (nSPS) is 15.4. The molecule has 1 aliphatic rings. The first kappa shape index (κ1) is 27.9. The second kappa shape index (κ2) is 11.2. The summed E-state index contributed by atoms with van der Waals surface area (Å²) in [7, 11) is 0. The molecule has 0 spiro atoms. The fourth-order valence-corrected chi connectivity index (χ4v) is 4.70. The van der Waals surface area contributed by atoms with E-state index in [0.717, 1.165) is 27.9 Å². The van der Waals surface area contributed by atoms with Gasteiger partial charge >= 0.3 is 6.18 Å². The van der Waals surface area contributed by atoms with Crippen LogP contribution >= 0.6 is 28.1 Å². The summed E-state index contributed by atoms with van der Waals surface area (Å²) in [6.07, 6.45) is -4.11. The monoisotopic (exact) mass is 583 g/mol. The summed E-state index contributed by atoms with van der Waals surface area (Å²) in [6.45, 7) is 6.68. The Morgan fingerprint density at radius 1 is 1.11 bits per heavy atom. The van der Waals surface area contributed by atoms with E-state index < -0.39 is 28.7 Å². The van der Waals surface area contributed by atoms with Crippen molar-refractivity contribution in [3.63, 3.8) is 0 Å². The van der Waals surface area contributed by atoms with Crippen LogP contribution in [0.1, 0.15) is 37.5 Å². The molecule has 0 unspecified atom stereocenters. The van der Waals surface area contributed by atoms with Gasteiger partial charge in [0.25, 0.3) is 5.91 Å². The minimum Gasteiger partial charge on any atom is -0.491 e. The number of ether oxygens (including phenoxy) is 2. The van der Waals surface area contributed by atoms with Crippen LogP contribution in [-0.4, -0.2) is 41.7 Å². The number of carbonyl (C=O) groups excluding carboxylic acids is 1. The third-order valence-electron chi connectivity index (χ3n) is 5.75. The van der Waals surface area contributed by atoms with Crippen molar-refractivity contribution < 1.29 is 27.4 Å². The Balaban J connectivity index is 1.94. The quantitative estimate of drug-likeness (QED) is 0.210. The second-order valence-electron chi connectivity index (χ2n) is 8.45. The molecule has 1 fully saturated rings. The number of thiocarbonyl (C=S) groups is 1. The summed E-state index contributed by atoms with van der Waals surface area (Å²) in [4.78, 5) is 16.1. The number of hydrogen-bond acceptors (Lipinski definition) is 5.